The highest BCUT2D eigenvalue weighted by Crippen LogP contribution is 2.22. The van der Waals surface area contributed by atoms with E-state index in [2.05, 4.69) is 44.0 Å². The van der Waals surface area contributed by atoms with Crippen LogP contribution in [0.2, 0.25) is 0 Å². The lowest BCUT2D eigenvalue weighted by Crippen LogP contribution is -2.25. The average Bonchev–Trinajstić information content (AvgIpc) is 2.84. The molecule has 18 heavy (non-hydrogen) atoms. The fourth-order valence-corrected chi connectivity index (χ4v) is 2.58. The van der Waals surface area contributed by atoms with E-state index in [0.717, 1.165) is 24.6 Å². The van der Waals surface area contributed by atoms with Crippen LogP contribution in [0.1, 0.15) is 50.7 Å². The third-order valence-electron chi connectivity index (χ3n) is 3.82. The van der Waals surface area contributed by atoms with E-state index in [4.69, 9.17) is 4.42 Å². The van der Waals surface area contributed by atoms with Crippen LogP contribution in [0.25, 0.3) is 0 Å². The first kappa shape index (κ1) is 13.6. The molecule has 1 aliphatic rings. The standard InChI is InChI=1S/C15H26N2O/c1-11(2)16-9-14-8-15(18-13(14)4)10-17-7-5-6-12(17)3/h8,11-12,16H,5-7,9-10H2,1-4H3. The summed E-state index contributed by atoms with van der Waals surface area (Å²) in [5.41, 5.74) is 1.30. The van der Waals surface area contributed by atoms with E-state index in [1.165, 1.54) is 24.9 Å². The molecule has 1 aromatic rings. The Morgan fingerprint density at radius 2 is 2.28 bits per heavy atom. The molecule has 0 aliphatic carbocycles. The molecule has 0 aromatic carbocycles. The Bertz CT molecular complexity index is 384. The molecule has 1 atom stereocenters. The number of likely N-dealkylation sites (tertiary alicyclic amines) is 1. The smallest absolute Gasteiger partial charge is 0.118 e. The van der Waals surface area contributed by atoms with Crippen molar-refractivity contribution in [2.24, 2.45) is 0 Å². The lowest BCUT2D eigenvalue weighted by atomic mass is 10.2. The van der Waals surface area contributed by atoms with Crippen molar-refractivity contribution in [2.75, 3.05) is 6.54 Å². The number of hydrogen-bond donors (Lipinski definition) is 1. The topological polar surface area (TPSA) is 28.4 Å². The molecule has 102 valence electrons. The Kier molecular flexibility index (Phi) is 4.46. The van der Waals surface area contributed by atoms with E-state index < -0.39 is 0 Å². The molecule has 0 spiro atoms. The molecule has 0 bridgehead atoms. The van der Waals surface area contributed by atoms with Crippen molar-refractivity contribution < 1.29 is 4.42 Å². The molecule has 0 radical (unpaired) electrons. The van der Waals surface area contributed by atoms with Crippen LogP contribution >= 0.6 is 0 Å². The Balaban J connectivity index is 1.95. The zero-order valence-electron chi connectivity index (χ0n) is 12.1. The van der Waals surface area contributed by atoms with Crippen molar-refractivity contribution in [3.8, 4) is 0 Å². The van der Waals surface area contributed by atoms with Crippen LogP contribution in [-0.2, 0) is 13.1 Å². The van der Waals surface area contributed by atoms with Crippen LogP contribution in [0.15, 0.2) is 10.5 Å². The van der Waals surface area contributed by atoms with Crippen LogP contribution in [-0.4, -0.2) is 23.5 Å². The highest BCUT2D eigenvalue weighted by atomic mass is 16.3. The Labute approximate surface area is 111 Å². The molecular formula is C15H26N2O. The third kappa shape index (κ3) is 3.36. The Hall–Kier alpha value is -0.800. The van der Waals surface area contributed by atoms with Crippen LogP contribution in [0.4, 0.5) is 0 Å². The summed E-state index contributed by atoms with van der Waals surface area (Å²) >= 11 is 0. The molecule has 0 amide bonds. The van der Waals surface area contributed by atoms with Gasteiger partial charge in [-0.3, -0.25) is 4.90 Å². The molecule has 1 aromatic heterocycles. The first-order valence-corrected chi connectivity index (χ1v) is 7.12. The first-order chi connectivity index (χ1) is 8.56. The summed E-state index contributed by atoms with van der Waals surface area (Å²) in [4.78, 5) is 2.51. The second-order valence-electron chi connectivity index (χ2n) is 5.79. The lowest BCUT2D eigenvalue weighted by Gasteiger charge is -2.19. The minimum absolute atomic E-state index is 0.515. The zero-order valence-corrected chi connectivity index (χ0v) is 12.1. The van der Waals surface area contributed by atoms with E-state index in [9.17, 15) is 0 Å². The molecule has 1 aliphatic heterocycles. The van der Waals surface area contributed by atoms with Gasteiger partial charge in [0.25, 0.3) is 0 Å². The summed E-state index contributed by atoms with van der Waals surface area (Å²) in [5.74, 6) is 2.17. The normalized spacial score (nSPS) is 21.1. The molecule has 1 N–H and O–H groups in total. The molecular weight excluding hydrogens is 224 g/mol. The van der Waals surface area contributed by atoms with Crippen LogP contribution < -0.4 is 5.32 Å². The molecule has 3 heteroatoms. The minimum Gasteiger partial charge on any atom is -0.465 e. The summed E-state index contributed by atoms with van der Waals surface area (Å²) in [6.07, 6.45) is 2.64. The second kappa shape index (κ2) is 5.89. The molecule has 2 rings (SSSR count). The summed E-state index contributed by atoms with van der Waals surface area (Å²) in [6, 6.07) is 3.43. The van der Waals surface area contributed by atoms with Gasteiger partial charge in [0.15, 0.2) is 0 Å². The number of rotatable bonds is 5. The van der Waals surface area contributed by atoms with Crippen molar-refractivity contribution in [2.45, 2.75) is 65.7 Å². The van der Waals surface area contributed by atoms with E-state index in [-0.39, 0.29) is 0 Å². The van der Waals surface area contributed by atoms with E-state index >= 15 is 0 Å². The summed E-state index contributed by atoms with van der Waals surface area (Å²) in [7, 11) is 0. The summed E-state index contributed by atoms with van der Waals surface area (Å²) in [6.45, 7) is 11.8. The number of nitrogens with one attached hydrogen (secondary N) is 1. The zero-order chi connectivity index (χ0) is 13.1. The van der Waals surface area contributed by atoms with Crippen molar-refractivity contribution in [3.63, 3.8) is 0 Å². The summed E-state index contributed by atoms with van der Waals surface area (Å²) in [5, 5.41) is 3.44. The molecule has 3 nitrogen and oxygen atoms in total. The maximum absolute atomic E-state index is 5.88. The second-order valence-corrected chi connectivity index (χ2v) is 5.79. The largest absolute Gasteiger partial charge is 0.465 e. The van der Waals surface area contributed by atoms with Gasteiger partial charge in [0.1, 0.15) is 11.5 Å². The van der Waals surface area contributed by atoms with Gasteiger partial charge < -0.3 is 9.73 Å². The predicted molar refractivity (Wildman–Crippen MR) is 74.5 cm³/mol. The van der Waals surface area contributed by atoms with Gasteiger partial charge in [0.2, 0.25) is 0 Å². The highest BCUT2D eigenvalue weighted by Gasteiger charge is 2.21. The first-order valence-electron chi connectivity index (χ1n) is 7.12. The van der Waals surface area contributed by atoms with Gasteiger partial charge in [0, 0.05) is 24.2 Å². The molecule has 1 saturated heterocycles. The number of hydrogen-bond acceptors (Lipinski definition) is 3. The highest BCUT2D eigenvalue weighted by molar-refractivity contribution is 5.20. The maximum atomic E-state index is 5.88. The monoisotopic (exact) mass is 250 g/mol. The van der Waals surface area contributed by atoms with Crippen LogP contribution in [0.3, 0.4) is 0 Å². The van der Waals surface area contributed by atoms with Gasteiger partial charge in [0.05, 0.1) is 6.54 Å². The van der Waals surface area contributed by atoms with Crippen molar-refractivity contribution in [1.82, 2.24) is 10.2 Å². The van der Waals surface area contributed by atoms with Gasteiger partial charge >= 0.3 is 0 Å². The van der Waals surface area contributed by atoms with Crippen LogP contribution in [0.5, 0.6) is 0 Å². The minimum atomic E-state index is 0.515. The van der Waals surface area contributed by atoms with Gasteiger partial charge in [-0.25, -0.2) is 0 Å². The van der Waals surface area contributed by atoms with Crippen molar-refractivity contribution in [1.29, 1.82) is 0 Å². The molecule has 0 saturated carbocycles. The van der Waals surface area contributed by atoms with Crippen LogP contribution in [0, 0.1) is 6.92 Å². The van der Waals surface area contributed by atoms with Gasteiger partial charge in [-0.05, 0) is 39.3 Å². The fraction of sp³-hybridized carbons (Fsp3) is 0.733. The quantitative estimate of drug-likeness (QED) is 0.870. The predicted octanol–water partition coefficient (Wildman–Crippen LogP) is 3.07. The third-order valence-corrected chi connectivity index (χ3v) is 3.82. The molecule has 2 heterocycles. The van der Waals surface area contributed by atoms with E-state index in [1.807, 2.05) is 0 Å². The lowest BCUT2D eigenvalue weighted by molar-refractivity contribution is 0.237. The SMILES string of the molecule is Cc1oc(CN2CCCC2C)cc1CNC(C)C. The van der Waals surface area contributed by atoms with E-state index in [1.54, 1.807) is 0 Å². The van der Waals surface area contributed by atoms with Gasteiger partial charge in [-0.1, -0.05) is 13.8 Å². The van der Waals surface area contributed by atoms with Crippen molar-refractivity contribution >= 4 is 0 Å². The molecule has 1 unspecified atom stereocenters. The Morgan fingerprint density at radius 3 is 2.89 bits per heavy atom. The number of nitrogens with zero attached hydrogens (tertiary/aromatic N) is 1. The number of furan rings is 1. The number of aryl methyl sites for hydroxylation is 1. The summed E-state index contributed by atoms with van der Waals surface area (Å²) < 4.78 is 5.88. The Morgan fingerprint density at radius 1 is 1.50 bits per heavy atom. The molecule has 1 fully saturated rings. The average molecular weight is 250 g/mol. The fourth-order valence-electron chi connectivity index (χ4n) is 2.58. The van der Waals surface area contributed by atoms with Gasteiger partial charge in [-0.15, -0.1) is 0 Å². The van der Waals surface area contributed by atoms with Gasteiger partial charge in [-0.2, -0.15) is 0 Å². The maximum Gasteiger partial charge on any atom is 0.118 e. The van der Waals surface area contributed by atoms with E-state index in [0.29, 0.717) is 12.1 Å². The van der Waals surface area contributed by atoms with Crippen molar-refractivity contribution in [3.05, 3.63) is 23.2 Å².